The van der Waals surface area contributed by atoms with Crippen molar-refractivity contribution in [2.45, 2.75) is 19.4 Å². The minimum atomic E-state index is -0.799. The Morgan fingerprint density at radius 2 is 1.75 bits per heavy atom. The first-order chi connectivity index (χ1) is 15.2. The van der Waals surface area contributed by atoms with E-state index in [2.05, 4.69) is 10.6 Å². The SMILES string of the molecule is COc1cc(OC)c(N2C[C@@H](C(=O)N[C@@H](C)C(=O)Nc3ccc(Cl)cc3)CC2=O)cc1Cl. The molecular weight excluding hydrogens is 457 g/mol. The molecule has 32 heavy (non-hydrogen) atoms. The summed E-state index contributed by atoms with van der Waals surface area (Å²) >= 11 is 12.1. The highest BCUT2D eigenvalue weighted by atomic mass is 35.5. The van der Waals surface area contributed by atoms with E-state index < -0.39 is 17.9 Å². The maximum absolute atomic E-state index is 12.7. The van der Waals surface area contributed by atoms with Crippen molar-refractivity contribution in [3.8, 4) is 11.5 Å². The van der Waals surface area contributed by atoms with Gasteiger partial charge in [0.05, 0.1) is 30.8 Å². The van der Waals surface area contributed by atoms with E-state index >= 15 is 0 Å². The highest BCUT2D eigenvalue weighted by Crippen LogP contribution is 2.40. The molecule has 1 saturated heterocycles. The second-order valence-electron chi connectivity index (χ2n) is 7.29. The first-order valence-corrected chi connectivity index (χ1v) is 10.6. The van der Waals surface area contributed by atoms with Crippen LogP contribution >= 0.6 is 23.2 Å². The van der Waals surface area contributed by atoms with Crippen LogP contribution in [0.4, 0.5) is 11.4 Å². The third-order valence-corrected chi connectivity index (χ3v) is 5.65. The molecule has 0 bridgehead atoms. The molecule has 1 aliphatic rings. The van der Waals surface area contributed by atoms with Gasteiger partial charge in [-0.25, -0.2) is 0 Å². The van der Waals surface area contributed by atoms with Gasteiger partial charge in [0.2, 0.25) is 17.7 Å². The van der Waals surface area contributed by atoms with Crippen LogP contribution in [-0.2, 0) is 14.4 Å². The lowest BCUT2D eigenvalue weighted by molar-refractivity contribution is -0.129. The summed E-state index contributed by atoms with van der Waals surface area (Å²) in [6.45, 7) is 1.71. The normalized spacial score (nSPS) is 16.5. The zero-order valence-corrected chi connectivity index (χ0v) is 19.3. The fourth-order valence-corrected chi connectivity index (χ4v) is 3.71. The first kappa shape index (κ1) is 23.7. The van der Waals surface area contributed by atoms with Crippen molar-refractivity contribution < 1.29 is 23.9 Å². The highest BCUT2D eigenvalue weighted by Gasteiger charge is 2.37. The van der Waals surface area contributed by atoms with Crippen LogP contribution in [0, 0.1) is 5.92 Å². The number of rotatable bonds is 7. The van der Waals surface area contributed by atoms with Gasteiger partial charge in [0.25, 0.3) is 0 Å². The summed E-state index contributed by atoms with van der Waals surface area (Å²) < 4.78 is 10.5. The van der Waals surface area contributed by atoms with Crippen LogP contribution in [0.25, 0.3) is 0 Å². The van der Waals surface area contributed by atoms with Crippen molar-refractivity contribution in [1.82, 2.24) is 5.32 Å². The van der Waals surface area contributed by atoms with Gasteiger partial charge in [0, 0.05) is 29.7 Å². The molecule has 0 spiro atoms. The molecule has 2 N–H and O–H groups in total. The Labute approximate surface area is 195 Å². The van der Waals surface area contributed by atoms with E-state index in [0.717, 1.165) is 0 Å². The number of hydrogen-bond acceptors (Lipinski definition) is 5. The Morgan fingerprint density at radius 3 is 2.38 bits per heavy atom. The minimum absolute atomic E-state index is 0.00413. The summed E-state index contributed by atoms with van der Waals surface area (Å²) in [6, 6.07) is 8.98. The number of anilines is 2. The molecule has 2 atom stereocenters. The van der Waals surface area contributed by atoms with E-state index in [1.807, 2.05) is 0 Å². The molecule has 2 aromatic rings. The number of carbonyl (C=O) groups excluding carboxylic acids is 3. The molecule has 1 heterocycles. The molecule has 3 amide bonds. The van der Waals surface area contributed by atoms with Gasteiger partial charge in [-0.2, -0.15) is 0 Å². The summed E-state index contributed by atoms with van der Waals surface area (Å²) in [5.74, 6) is -0.837. The fourth-order valence-electron chi connectivity index (χ4n) is 3.35. The van der Waals surface area contributed by atoms with E-state index in [-0.39, 0.29) is 24.8 Å². The summed E-state index contributed by atoms with van der Waals surface area (Å²) in [6.07, 6.45) is 0.00413. The van der Waals surface area contributed by atoms with Crippen LogP contribution in [0.1, 0.15) is 13.3 Å². The molecule has 1 fully saturated rings. The molecule has 0 radical (unpaired) electrons. The smallest absolute Gasteiger partial charge is 0.246 e. The lowest BCUT2D eigenvalue weighted by Gasteiger charge is -2.21. The molecule has 1 aliphatic heterocycles. The van der Waals surface area contributed by atoms with Crippen LogP contribution in [0.5, 0.6) is 11.5 Å². The average Bonchev–Trinajstić information content (AvgIpc) is 3.16. The van der Waals surface area contributed by atoms with Crippen LogP contribution in [0.3, 0.4) is 0 Å². The topological polar surface area (TPSA) is 97.0 Å². The second kappa shape index (κ2) is 10.1. The Bertz CT molecular complexity index is 1030. The van der Waals surface area contributed by atoms with Crippen LogP contribution in [-0.4, -0.2) is 44.5 Å². The zero-order valence-electron chi connectivity index (χ0n) is 17.8. The molecule has 0 unspecified atom stereocenters. The zero-order chi connectivity index (χ0) is 23.4. The fraction of sp³-hybridized carbons (Fsp3) is 0.318. The van der Waals surface area contributed by atoms with E-state index in [1.165, 1.54) is 19.1 Å². The molecule has 0 aliphatic carbocycles. The van der Waals surface area contributed by atoms with Crippen molar-refractivity contribution in [2.24, 2.45) is 5.92 Å². The lowest BCUT2D eigenvalue weighted by atomic mass is 10.1. The van der Waals surface area contributed by atoms with Crippen molar-refractivity contribution in [2.75, 3.05) is 31.0 Å². The molecule has 8 nitrogen and oxygen atoms in total. The minimum Gasteiger partial charge on any atom is -0.495 e. The van der Waals surface area contributed by atoms with Gasteiger partial charge in [-0.3, -0.25) is 14.4 Å². The molecular formula is C22H23Cl2N3O5. The van der Waals surface area contributed by atoms with Crippen LogP contribution in [0.15, 0.2) is 36.4 Å². The number of carbonyl (C=O) groups is 3. The maximum Gasteiger partial charge on any atom is 0.246 e. The number of halogens is 2. The molecule has 2 aromatic carbocycles. The third kappa shape index (κ3) is 5.26. The Kier molecular flexibility index (Phi) is 7.48. The number of benzene rings is 2. The van der Waals surface area contributed by atoms with E-state index in [4.69, 9.17) is 32.7 Å². The third-order valence-electron chi connectivity index (χ3n) is 5.10. The number of hydrogen-bond donors (Lipinski definition) is 2. The van der Waals surface area contributed by atoms with Gasteiger partial charge in [-0.05, 0) is 37.3 Å². The first-order valence-electron chi connectivity index (χ1n) is 9.82. The van der Waals surface area contributed by atoms with Gasteiger partial charge >= 0.3 is 0 Å². The quantitative estimate of drug-likeness (QED) is 0.633. The van der Waals surface area contributed by atoms with Gasteiger partial charge in [-0.15, -0.1) is 0 Å². The van der Waals surface area contributed by atoms with Gasteiger partial charge in [0.1, 0.15) is 17.5 Å². The summed E-state index contributed by atoms with van der Waals surface area (Å²) in [4.78, 5) is 39.2. The standard InChI is InChI=1S/C22H23Cl2N3O5/c1-12(21(29)26-15-6-4-14(23)5-7-15)25-22(30)13-8-20(28)27(11-13)17-9-16(24)18(31-2)10-19(17)32-3/h4-7,9-10,12-13H,8,11H2,1-3H3,(H,25,30)(H,26,29)/t12-,13-/m0/s1. The van der Waals surface area contributed by atoms with E-state index in [0.29, 0.717) is 32.9 Å². The number of amides is 3. The number of nitrogens with zero attached hydrogens (tertiary/aromatic N) is 1. The van der Waals surface area contributed by atoms with Gasteiger partial charge in [0.15, 0.2) is 0 Å². The summed E-state index contributed by atoms with van der Waals surface area (Å²) in [5.41, 5.74) is 1.01. The molecule has 0 saturated carbocycles. The largest absolute Gasteiger partial charge is 0.495 e. The predicted molar refractivity (Wildman–Crippen MR) is 123 cm³/mol. The van der Waals surface area contributed by atoms with Crippen molar-refractivity contribution in [3.63, 3.8) is 0 Å². The lowest BCUT2D eigenvalue weighted by Crippen LogP contribution is -2.44. The van der Waals surface area contributed by atoms with Crippen molar-refractivity contribution in [3.05, 3.63) is 46.4 Å². The highest BCUT2D eigenvalue weighted by molar-refractivity contribution is 6.32. The second-order valence-corrected chi connectivity index (χ2v) is 8.13. The summed E-state index contributed by atoms with van der Waals surface area (Å²) in [7, 11) is 2.95. The molecule has 3 rings (SSSR count). The van der Waals surface area contributed by atoms with Gasteiger partial charge < -0.3 is 25.0 Å². The average molecular weight is 480 g/mol. The van der Waals surface area contributed by atoms with Crippen LogP contribution < -0.4 is 25.0 Å². The Hall–Kier alpha value is -2.97. The van der Waals surface area contributed by atoms with Crippen molar-refractivity contribution in [1.29, 1.82) is 0 Å². The molecule has 170 valence electrons. The Balaban J connectivity index is 1.65. The molecule has 10 heteroatoms. The number of methoxy groups -OCH3 is 2. The summed E-state index contributed by atoms with van der Waals surface area (Å²) in [5, 5.41) is 6.25. The van der Waals surface area contributed by atoms with E-state index in [9.17, 15) is 14.4 Å². The number of ether oxygens (including phenoxy) is 2. The monoisotopic (exact) mass is 479 g/mol. The van der Waals surface area contributed by atoms with Gasteiger partial charge in [-0.1, -0.05) is 23.2 Å². The van der Waals surface area contributed by atoms with Crippen LogP contribution in [0.2, 0.25) is 10.0 Å². The predicted octanol–water partition coefficient (Wildman–Crippen LogP) is 3.51. The maximum atomic E-state index is 12.7. The number of nitrogens with one attached hydrogen (secondary N) is 2. The van der Waals surface area contributed by atoms with Crippen molar-refractivity contribution >= 4 is 52.3 Å². The Morgan fingerprint density at radius 1 is 1.09 bits per heavy atom. The van der Waals surface area contributed by atoms with E-state index in [1.54, 1.807) is 43.3 Å². The molecule has 0 aromatic heterocycles.